The number of aliphatic hydroxyl groups is 7. The van der Waals surface area contributed by atoms with Gasteiger partial charge in [-0.1, -0.05) is 13.8 Å². The van der Waals surface area contributed by atoms with E-state index in [4.69, 9.17) is 28.4 Å². The van der Waals surface area contributed by atoms with Gasteiger partial charge in [0.2, 0.25) is 0 Å². The number of carbonyl (C=O) groups excluding carboxylic acids is 1. The number of methoxy groups -OCH3 is 1. The minimum atomic E-state index is -1.65. The molecular formula is C36H56O14. The molecule has 7 rings (SSSR count). The molecule has 0 radical (unpaired) electrons. The Balaban J connectivity index is 1.06. The van der Waals surface area contributed by atoms with Crippen molar-refractivity contribution in [2.45, 2.75) is 151 Å². The van der Waals surface area contributed by atoms with Gasteiger partial charge in [-0.05, 0) is 80.6 Å². The first kappa shape index (κ1) is 37.1. The van der Waals surface area contributed by atoms with E-state index in [0.717, 1.165) is 44.1 Å². The largest absolute Gasteiger partial charge is 0.458 e. The summed E-state index contributed by atoms with van der Waals surface area (Å²) in [7, 11) is 1.42. The Bertz CT molecular complexity index is 1300. The zero-order chi connectivity index (χ0) is 35.9. The van der Waals surface area contributed by atoms with Gasteiger partial charge in [-0.2, -0.15) is 0 Å². The molecule has 3 heterocycles. The van der Waals surface area contributed by atoms with Crippen molar-refractivity contribution in [1.29, 1.82) is 0 Å². The maximum absolute atomic E-state index is 12.6. The fourth-order valence-electron chi connectivity index (χ4n) is 11.6. The first-order valence-electron chi connectivity index (χ1n) is 18.4. The molecule has 0 bridgehead atoms. The van der Waals surface area contributed by atoms with Gasteiger partial charge in [-0.25, -0.2) is 4.79 Å². The van der Waals surface area contributed by atoms with Crippen molar-refractivity contribution in [3.8, 4) is 0 Å². The third-order valence-corrected chi connectivity index (χ3v) is 14.4. The van der Waals surface area contributed by atoms with E-state index in [0.29, 0.717) is 12.3 Å². The van der Waals surface area contributed by atoms with Gasteiger partial charge < -0.3 is 64.2 Å². The number of esters is 1. The Hall–Kier alpha value is -1.27. The molecule has 4 aliphatic carbocycles. The molecule has 0 spiro atoms. The van der Waals surface area contributed by atoms with E-state index in [9.17, 15) is 40.5 Å². The lowest BCUT2D eigenvalue weighted by molar-refractivity contribution is -0.372. The molecule has 50 heavy (non-hydrogen) atoms. The van der Waals surface area contributed by atoms with Crippen LogP contribution < -0.4 is 0 Å². The minimum absolute atomic E-state index is 0.0148. The fraction of sp³-hybridized carbons (Fsp3) is 0.917. The SMILES string of the molecule is CO[C@H]1[C@H](O)[C@@H](C)O[C@@H](OC2CC[C@@]3(C)C(CC[C@@H]4[C@@H]3CC[C@]3(C)[C@@H](C5=CC(=O)OC5)C(O)C[C@]43O)C2)[C@@H]1O[C@@H]1O[C@H](CO)[C@@H](O)[C@H](O)[C@H]1O. The predicted octanol–water partition coefficient (Wildman–Crippen LogP) is -0.0948. The summed E-state index contributed by atoms with van der Waals surface area (Å²) < 4.78 is 35.4. The summed E-state index contributed by atoms with van der Waals surface area (Å²) in [6.07, 6.45) is -5.82. The summed E-state index contributed by atoms with van der Waals surface area (Å²) >= 11 is 0. The van der Waals surface area contributed by atoms with E-state index in [-0.39, 0.29) is 48.3 Å². The van der Waals surface area contributed by atoms with Gasteiger partial charge in [0, 0.05) is 30.9 Å². The van der Waals surface area contributed by atoms with E-state index in [1.807, 2.05) is 0 Å². The Morgan fingerprint density at radius 2 is 1.64 bits per heavy atom. The molecule has 0 amide bonds. The van der Waals surface area contributed by atoms with Gasteiger partial charge in [0.05, 0.1) is 30.5 Å². The highest BCUT2D eigenvalue weighted by molar-refractivity contribution is 5.85. The van der Waals surface area contributed by atoms with Crippen LogP contribution >= 0.6 is 0 Å². The number of hydrogen-bond donors (Lipinski definition) is 7. The van der Waals surface area contributed by atoms with Gasteiger partial charge in [0.25, 0.3) is 0 Å². The van der Waals surface area contributed by atoms with Gasteiger partial charge >= 0.3 is 5.97 Å². The molecule has 7 aliphatic rings. The first-order valence-corrected chi connectivity index (χ1v) is 18.4. The van der Waals surface area contributed by atoms with Crippen LogP contribution in [-0.2, 0) is 33.2 Å². The smallest absolute Gasteiger partial charge is 0.331 e. The number of hydrogen-bond acceptors (Lipinski definition) is 14. The van der Waals surface area contributed by atoms with Gasteiger partial charge in [-0.3, -0.25) is 0 Å². The summed E-state index contributed by atoms with van der Waals surface area (Å²) in [5.41, 5.74) is -0.907. The summed E-state index contributed by atoms with van der Waals surface area (Å²) in [5, 5.41) is 75.9. The van der Waals surface area contributed by atoms with E-state index in [1.165, 1.54) is 13.2 Å². The molecule has 284 valence electrons. The van der Waals surface area contributed by atoms with Crippen molar-refractivity contribution in [3.63, 3.8) is 0 Å². The molecule has 14 heteroatoms. The molecule has 19 atom stereocenters. The highest BCUT2D eigenvalue weighted by atomic mass is 16.8. The van der Waals surface area contributed by atoms with E-state index >= 15 is 0 Å². The molecule has 3 unspecified atom stereocenters. The average Bonchev–Trinajstić information content (AvgIpc) is 3.59. The van der Waals surface area contributed by atoms with Crippen LogP contribution in [0.3, 0.4) is 0 Å². The average molecular weight is 713 g/mol. The second-order valence-corrected chi connectivity index (χ2v) is 16.7. The van der Waals surface area contributed by atoms with Crippen LogP contribution in [0.25, 0.3) is 0 Å². The van der Waals surface area contributed by atoms with E-state index in [2.05, 4.69) is 13.8 Å². The normalized spacial score (nSPS) is 55.1. The number of cyclic esters (lactones) is 1. The Kier molecular flexibility index (Phi) is 10.0. The maximum atomic E-state index is 12.6. The Morgan fingerprint density at radius 1 is 0.880 bits per heavy atom. The van der Waals surface area contributed by atoms with Crippen molar-refractivity contribution in [3.05, 3.63) is 11.6 Å². The Labute approximate surface area is 292 Å². The third-order valence-electron chi connectivity index (χ3n) is 14.4. The monoisotopic (exact) mass is 712 g/mol. The molecule has 0 aromatic carbocycles. The molecule has 0 aromatic heterocycles. The summed E-state index contributed by atoms with van der Waals surface area (Å²) in [4.78, 5) is 11.9. The lowest BCUT2D eigenvalue weighted by Crippen LogP contribution is -2.65. The molecule has 7 N–H and O–H groups in total. The van der Waals surface area contributed by atoms with Crippen LogP contribution in [0.5, 0.6) is 0 Å². The number of carbonyl (C=O) groups is 1. The van der Waals surface area contributed by atoms with Crippen LogP contribution in [0.4, 0.5) is 0 Å². The summed E-state index contributed by atoms with van der Waals surface area (Å²) in [6.45, 7) is 5.69. The first-order chi connectivity index (χ1) is 23.7. The van der Waals surface area contributed by atoms with Gasteiger partial charge in [0.1, 0.15) is 49.3 Å². The lowest BCUT2D eigenvalue weighted by atomic mass is 9.43. The molecule has 0 aromatic rings. The van der Waals surface area contributed by atoms with Crippen LogP contribution in [0, 0.1) is 34.5 Å². The second-order valence-electron chi connectivity index (χ2n) is 16.7. The van der Waals surface area contributed by atoms with Crippen LogP contribution in [0.15, 0.2) is 11.6 Å². The molecule has 6 fully saturated rings. The van der Waals surface area contributed by atoms with Crippen LogP contribution in [-0.4, -0.2) is 141 Å². The van der Waals surface area contributed by atoms with E-state index < -0.39 is 85.1 Å². The molecule has 4 saturated carbocycles. The van der Waals surface area contributed by atoms with Crippen LogP contribution in [0.1, 0.15) is 72.1 Å². The number of aliphatic hydroxyl groups excluding tert-OH is 6. The zero-order valence-corrected chi connectivity index (χ0v) is 29.4. The van der Waals surface area contributed by atoms with Crippen molar-refractivity contribution in [1.82, 2.24) is 0 Å². The number of rotatable bonds is 7. The third kappa shape index (κ3) is 5.72. The number of fused-ring (bicyclic) bond motifs is 5. The Morgan fingerprint density at radius 3 is 2.32 bits per heavy atom. The molecule has 3 aliphatic heterocycles. The zero-order valence-electron chi connectivity index (χ0n) is 29.4. The van der Waals surface area contributed by atoms with Crippen molar-refractivity contribution in [2.75, 3.05) is 20.3 Å². The van der Waals surface area contributed by atoms with Crippen molar-refractivity contribution >= 4 is 5.97 Å². The fourth-order valence-corrected chi connectivity index (χ4v) is 11.6. The summed E-state index contributed by atoms with van der Waals surface area (Å²) in [5.74, 6) is -0.138. The standard InChI is InChI=1S/C36H56O14/c1-16-26(40)30(45-4)31(50-32-29(43)28(42)27(41)23(14-37)49-32)33(47-16)48-19-7-9-34(2)18(12-19)5-6-21-20(34)8-10-35(3)25(17-11-24(39)46-15-17)22(38)13-36(21,35)44/h11,16,18-23,25-33,37-38,40-44H,5-10,12-15H2,1-4H3/t16-,18?,19?,20+,21-,22?,23-,25+,26-,27-,28+,29-,30+,31-,32+,33+,34+,35-,36+/m1/s1. The highest BCUT2D eigenvalue weighted by Gasteiger charge is 2.70. The quantitative estimate of drug-likeness (QED) is 0.136. The topological polar surface area (TPSA) is 214 Å². The van der Waals surface area contributed by atoms with Gasteiger partial charge in [-0.15, -0.1) is 0 Å². The maximum Gasteiger partial charge on any atom is 0.331 e. The number of ether oxygens (including phenoxy) is 6. The molecule has 2 saturated heterocycles. The predicted molar refractivity (Wildman–Crippen MR) is 172 cm³/mol. The lowest BCUT2D eigenvalue weighted by Gasteiger charge is -2.63. The second kappa shape index (κ2) is 13.5. The summed E-state index contributed by atoms with van der Waals surface area (Å²) in [6, 6.07) is 0. The van der Waals surface area contributed by atoms with Crippen molar-refractivity contribution < 1.29 is 69.0 Å². The molecule has 14 nitrogen and oxygen atoms in total. The van der Waals surface area contributed by atoms with Gasteiger partial charge in [0.15, 0.2) is 12.6 Å². The minimum Gasteiger partial charge on any atom is -0.458 e. The van der Waals surface area contributed by atoms with Crippen molar-refractivity contribution in [2.24, 2.45) is 34.5 Å². The van der Waals surface area contributed by atoms with Crippen LogP contribution in [0.2, 0.25) is 0 Å². The van der Waals surface area contributed by atoms with E-state index in [1.54, 1.807) is 6.92 Å². The molecular weight excluding hydrogens is 656 g/mol. The highest BCUT2D eigenvalue weighted by Crippen LogP contribution is 2.70.